The minimum absolute atomic E-state index is 0.0651. The Kier molecular flexibility index (Phi) is 9.59. The van der Waals surface area contributed by atoms with E-state index in [4.69, 9.17) is 11.8 Å². The Bertz CT molecular complexity index is 613. The summed E-state index contributed by atoms with van der Waals surface area (Å²) in [6.45, 7) is 8.09. The summed E-state index contributed by atoms with van der Waals surface area (Å²) in [4.78, 5) is 0.150. The van der Waals surface area contributed by atoms with E-state index < -0.39 is 21.7 Å². The Balaban J connectivity index is 3.32. The lowest BCUT2D eigenvalue weighted by Gasteiger charge is -2.42. The summed E-state index contributed by atoms with van der Waals surface area (Å²) in [7, 11) is -3.89. The quantitative estimate of drug-likeness (QED) is 0.478. The maximum Gasteiger partial charge on any atom is 0.256 e. The van der Waals surface area contributed by atoms with Crippen molar-refractivity contribution in [2.24, 2.45) is 5.92 Å². The number of halogens is 1. The van der Waals surface area contributed by atoms with E-state index in [2.05, 4.69) is 13.8 Å². The van der Waals surface area contributed by atoms with Gasteiger partial charge < -0.3 is 5.11 Å². The van der Waals surface area contributed by atoms with E-state index in [-0.39, 0.29) is 10.8 Å². The van der Waals surface area contributed by atoms with Crippen LogP contribution in [-0.2, 0) is 10.0 Å². The van der Waals surface area contributed by atoms with Crippen LogP contribution in [-0.4, -0.2) is 29.0 Å². The van der Waals surface area contributed by atoms with E-state index in [0.717, 1.165) is 35.9 Å². The zero-order valence-electron chi connectivity index (χ0n) is 16.5. The summed E-state index contributed by atoms with van der Waals surface area (Å²) in [6.07, 6.45) is 5.38. The van der Waals surface area contributed by atoms with Crippen molar-refractivity contribution < 1.29 is 13.5 Å². The average Bonchev–Trinajstić information content (AvgIpc) is 2.65. The molecule has 150 valence electrons. The van der Waals surface area contributed by atoms with Gasteiger partial charge in [-0.15, -0.1) is 3.82 Å². The standard InChI is InChI=1S/C20H34ClNO3S/c1-5-8-15-20(23,16-9-6-2)19(17(4)7-3)22(21)26(24,25)18-13-11-10-12-14-18/h10-14,17,19,23H,5-9,15-16H2,1-4H3/t17-,19-/m0/s1. The Morgan fingerprint density at radius 2 is 1.58 bits per heavy atom. The van der Waals surface area contributed by atoms with E-state index in [1.165, 1.54) is 12.1 Å². The van der Waals surface area contributed by atoms with Crippen LogP contribution in [0.4, 0.5) is 0 Å². The molecule has 0 bridgehead atoms. The molecule has 0 saturated heterocycles. The summed E-state index contributed by atoms with van der Waals surface area (Å²) >= 11 is 6.47. The first-order valence-corrected chi connectivity index (χ1v) is 11.5. The van der Waals surface area contributed by atoms with Crippen molar-refractivity contribution in [1.29, 1.82) is 0 Å². The molecule has 4 nitrogen and oxygen atoms in total. The fourth-order valence-corrected chi connectivity index (χ4v) is 5.39. The fourth-order valence-electron chi connectivity index (χ4n) is 3.37. The fraction of sp³-hybridized carbons (Fsp3) is 0.700. The molecule has 0 radical (unpaired) electrons. The molecule has 0 heterocycles. The number of sulfonamides is 1. The van der Waals surface area contributed by atoms with Crippen molar-refractivity contribution in [3.05, 3.63) is 30.3 Å². The third-order valence-electron chi connectivity index (χ3n) is 5.15. The van der Waals surface area contributed by atoms with E-state index in [9.17, 15) is 13.5 Å². The van der Waals surface area contributed by atoms with E-state index >= 15 is 0 Å². The Hall–Kier alpha value is -0.620. The van der Waals surface area contributed by atoms with Crippen LogP contribution < -0.4 is 0 Å². The van der Waals surface area contributed by atoms with Gasteiger partial charge in [0.25, 0.3) is 10.0 Å². The van der Waals surface area contributed by atoms with Crippen molar-refractivity contribution in [3.63, 3.8) is 0 Å². The van der Waals surface area contributed by atoms with Crippen molar-refractivity contribution in [2.45, 2.75) is 89.2 Å². The van der Waals surface area contributed by atoms with Gasteiger partial charge in [0.2, 0.25) is 0 Å². The third-order valence-corrected chi connectivity index (χ3v) is 7.46. The molecule has 1 rings (SSSR count). The highest BCUT2D eigenvalue weighted by Crippen LogP contribution is 2.37. The van der Waals surface area contributed by atoms with Crippen LogP contribution in [0, 0.1) is 5.92 Å². The Morgan fingerprint density at radius 3 is 2.00 bits per heavy atom. The molecule has 0 aliphatic rings. The SMILES string of the molecule is CCCCC(O)(CCCC)[C@H]([C@@H](C)CC)N(Cl)S(=O)(=O)c1ccccc1. The summed E-state index contributed by atoms with van der Waals surface area (Å²) in [5.41, 5.74) is -1.13. The number of hydrogen-bond donors (Lipinski definition) is 1. The van der Waals surface area contributed by atoms with Crippen molar-refractivity contribution in [2.75, 3.05) is 0 Å². The average molecular weight is 404 g/mol. The molecule has 0 aliphatic heterocycles. The number of benzene rings is 1. The largest absolute Gasteiger partial charge is 0.388 e. The second-order valence-corrected chi connectivity index (χ2v) is 9.58. The molecule has 0 amide bonds. The second-order valence-electron chi connectivity index (χ2n) is 7.20. The van der Waals surface area contributed by atoms with Crippen LogP contribution in [0.5, 0.6) is 0 Å². The molecule has 0 aromatic heterocycles. The van der Waals surface area contributed by atoms with Gasteiger partial charge in [-0.2, -0.15) is 0 Å². The highest BCUT2D eigenvalue weighted by atomic mass is 35.5. The zero-order valence-corrected chi connectivity index (χ0v) is 18.1. The molecule has 6 heteroatoms. The first-order valence-electron chi connectivity index (χ1n) is 9.72. The highest BCUT2D eigenvalue weighted by Gasteiger charge is 2.46. The lowest BCUT2D eigenvalue weighted by atomic mass is 9.78. The monoisotopic (exact) mass is 403 g/mol. The number of unbranched alkanes of at least 4 members (excludes halogenated alkanes) is 2. The van der Waals surface area contributed by atoms with E-state index in [1.807, 2.05) is 13.8 Å². The van der Waals surface area contributed by atoms with Gasteiger partial charge in [0, 0.05) is 0 Å². The van der Waals surface area contributed by atoms with Gasteiger partial charge in [0.15, 0.2) is 0 Å². The molecular weight excluding hydrogens is 370 g/mol. The molecule has 2 atom stereocenters. The summed E-state index contributed by atoms with van der Waals surface area (Å²) in [6, 6.07) is 7.53. The maximum absolute atomic E-state index is 13.1. The van der Waals surface area contributed by atoms with Crippen LogP contribution in [0.3, 0.4) is 0 Å². The normalized spacial score (nSPS) is 15.2. The Labute approximate surface area is 164 Å². The Morgan fingerprint density at radius 1 is 1.08 bits per heavy atom. The molecular formula is C20H34ClNO3S. The molecule has 0 aliphatic carbocycles. The number of hydrogen-bond acceptors (Lipinski definition) is 3. The third kappa shape index (κ3) is 5.69. The molecule has 0 fully saturated rings. The van der Waals surface area contributed by atoms with Crippen molar-refractivity contribution >= 4 is 21.8 Å². The predicted octanol–water partition coefficient (Wildman–Crippen LogP) is 5.36. The molecule has 26 heavy (non-hydrogen) atoms. The minimum Gasteiger partial charge on any atom is -0.388 e. The minimum atomic E-state index is -3.89. The summed E-state index contributed by atoms with van der Waals surface area (Å²) in [5, 5.41) is 11.5. The number of nitrogens with zero attached hydrogens (tertiary/aromatic N) is 1. The van der Waals surface area contributed by atoms with Gasteiger partial charge in [-0.05, 0) is 42.7 Å². The van der Waals surface area contributed by atoms with Gasteiger partial charge in [-0.3, -0.25) is 0 Å². The van der Waals surface area contributed by atoms with Gasteiger partial charge >= 0.3 is 0 Å². The van der Waals surface area contributed by atoms with Crippen molar-refractivity contribution in [3.8, 4) is 0 Å². The zero-order chi connectivity index (χ0) is 19.8. The first-order chi connectivity index (χ1) is 12.2. The molecule has 0 saturated carbocycles. The van der Waals surface area contributed by atoms with Crippen LogP contribution in [0.2, 0.25) is 0 Å². The number of aliphatic hydroxyl groups is 1. The topological polar surface area (TPSA) is 57.6 Å². The number of rotatable bonds is 12. The molecule has 1 aromatic carbocycles. The van der Waals surface area contributed by atoms with Crippen LogP contribution in [0.1, 0.15) is 72.6 Å². The van der Waals surface area contributed by atoms with Gasteiger partial charge in [0.1, 0.15) is 0 Å². The predicted molar refractivity (Wildman–Crippen MR) is 109 cm³/mol. The summed E-state index contributed by atoms with van der Waals surface area (Å²) < 4.78 is 27.0. The van der Waals surface area contributed by atoms with E-state index in [1.54, 1.807) is 18.2 Å². The molecule has 1 N–H and O–H groups in total. The lowest BCUT2D eigenvalue weighted by molar-refractivity contribution is -0.0449. The smallest absolute Gasteiger partial charge is 0.256 e. The summed E-state index contributed by atoms with van der Waals surface area (Å²) in [5.74, 6) is -0.0651. The van der Waals surface area contributed by atoms with Crippen LogP contribution in [0.25, 0.3) is 0 Å². The van der Waals surface area contributed by atoms with Crippen LogP contribution >= 0.6 is 11.8 Å². The first kappa shape index (κ1) is 23.4. The molecule has 1 aromatic rings. The van der Waals surface area contributed by atoms with Gasteiger partial charge in [-0.25, -0.2) is 8.42 Å². The highest BCUT2D eigenvalue weighted by molar-refractivity contribution is 7.90. The van der Waals surface area contributed by atoms with E-state index in [0.29, 0.717) is 12.8 Å². The van der Waals surface area contributed by atoms with Crippen molar-refractivity contribution in [1.82, 2.24) is 3.82 Å². The molecule has 0 unspecified atom stereocenters. The second kappa shape index (κ2) is 10.6. The molecule has 0 spiro atoms. The van der Waals surface area contributed by atoms with Crippen LogP contribution in [0.15, 0.2) is 35.2 Å². The van der Waals surface area contributed by atoms with Gasteiger partial charge in [0.05, 0.1) is 16.5 Å². The maximum atomic E-state index is 13.1. The lowest BCUT2D eigenvalue weighted by Crippen LogP contribution is -2.54. The van der Waals surface area contributed by atoms with Gasteiger partial charge in [-0.1, -0.05) is 78.0 Å².